The van der Waals surface area contributed by atoms with E-state index in [1.807, 2.05) is 0 Å². The number of aliphatic imine (C=N–C) groups is 1. The third kappa shape index (κ3) is 4.84. The standard InChI is InChI=1S/C21H24N4O5S2/c26-21(16-8-10-18(11-9-16)32(29,30)25-13-1-2-14-25)23-17-5-3-6-19(15-17)31(27,28)24-20-7-4-12-22-20/h3,5-6,8-11,15H,1-2,4,7,12-14H2,(H,22,24)(H,23,26). The van der Waals surface area contributed by atoms with E-state index >= 15 is 0 Å². The van der Waals surface area contributed by atoms with Gasteiger partial charge in [-0.2, -0.15) is 4.31 Å². The second-order valence-electron chi connectivity index (χ2n) is 7.65. The average molecular weight is 477 g/mol. The van der Waals surface area contributed by atoms with Gasteiger partial charge >= 0.3 is 0 Å². The van der Waals surface area contributed by atoms with Gasteiger partial charge in [0.2, 0.25) is 10.0 Å². The molecule has 170 valence electrons. The van der Waals surface area contributed by atoms with Crippen LogP contribution in [0, 0.1) is 0 Å². The lowest BCUT2D eigenvalue weighted by molar-refractivity contribution is 0.102. The molecule has 11 heteroatoms. The minimum atomic E-state index is -3.80. The van der Waals surface area contributed by atoms with Gasteiger partial charge in [-0.25, -0.2) is 16.8 Å². The van der Waals surface area contributed by atoms with Gasteiger partial charge in [-0.1, -0.05) is 6.07 Å². The zero-order valence-corrected chi connectivity index (χ0v) is 19.0. The lowest BCUT2D eigenvalue weighted by atomic mass is 10.2. The number of hydrogen-bond acceptors (Lipinski definition) is 6. The van der Waals surface area contributed by atoms with Gasteiger partial charge in [-0.05, 0) is 61.7 Å². The highest BCUT2D eigenvalue weighted by molar-refractivity contribution is 7.90. The Morgan fingerprint density at radius 2 is 1.62 bits per heavy atom. The van der Waals surface area contributed by atoms with E-state index in [2.05, 4.69) is 15.0 Å². The summed E-state index contributed by atoms with van der Waals surface area (Å²) in [5.74, 6) is -0.0405. The van der Waals surface area contributed by atoms with Crippen LogP contribution in [0.3, 0.4) is 0 Å². The summed E-state index contributed by atoms with van der Waals surface area (Å²) in [5, 5.41) is 2.66. The monoisotopic (exact) mass is 476 g/mol. The number of carbonyl (C=O) groups is 1. The molecule has 2 aliphatic rings. The Bertz CT molecular complexity index is 1250. The topological polar surface area (TPSA) is 125 Å². The van der Waals surface area contributed by atoms with Crippen LogP contribution in [0.5, 0.6) is 0 Å². The third-order valence-electron chi connectivity index (χ3n) is 5.35. The minimum Gasteiger partial charge on any atom is -0.322 e. The summed E-state index contributed by atoms with van der Waals surface area (Å²) >= 11 is 0. The lowest BCUT2D eigenvalue weighted by Gasteiger charge is -2.15. The lowest BCUT2D eigenvalue weighted by Crippen LogP contribution is -2.29. The summed E-state index contributed by atoms with van der Waals surface area (Å²) in [4.78, 5) is 16.9. The molecule has 0 atom stereocenters. The highest BCUT2D eigenvalue weighted by atomic mass is 32.2. The predicted octanol–water partition coefficient (Wildman–Crippen LogP) is 2.19. The van der Waals surface area contributed by atoms with E-state index in [4.69, 9.17) is 0 Å². The smallest absolute Gasteiger partial charge is 0.262 e. The molecule has 0 unspecified atom stereocenters. The van der Waals surface area contributed by atoms with Gasteiger partial charge in [0.25, 0.3) is 15.9 Å². The van der Waals surface area contributed by atoms with Gasteiger partial charge in [-0.3, -0.25) is 14.5 Å². The van der Waals surface area contributed by atoms with E-state index in [0.717, 1.165) is 19.3 Å². The molecule has 4 rings (SSSR count). The number of amidine groups is 1. The van der Waals surface area contributed by atoms with Crippen molar-refractivity contribution < 1.29 is 21.6 Å². The van der Waals surface area contributed by atoms with Crippen LogP contribution in [-0.4, -0.2) is 52.5 Å². The number of carbonyl (C=O) groups excluding carboxylic acids is 1. The molecule has 2 aliphatic heterocycles. The molecule has 0 aromatic heterocycles. The van der Waals surface area contributed by atoms with Crippen molar-refractivity contribution in [2.45, 2.75) is 35.5 Å². The first-order valence-electron chi connectivity index (χ1n) is 10.3. The van der Waals surface area contributed by atoms with Crippen LogP contribution < -0.4 is 10.0 Å². The molecule has 1 amide bonds. The van der Waals surface area contributed by atoms with E-state index in [-0.39, 0.29) is 15.4 Å². The Morgan fingerprint density at radius 3 is 2.28 bits per heavy atom. The summed E-state index contributed by atoms with van der Waals surface area (Å²) in [5.41, 5.74) is 0.567. The zero-order chi connectivity index (χ0) is 22.8. The molecule has 2 N–H and O–H groups in total. The first-order chi connectivity index (χ1) is 15.3. The van der Waals surface area contributed by atoms with Crippen LogP contribution >= 0.6 is 0 Å². The van der Waals surface area contributed by atoms with Gasteiger partial charge in [0, 0.05) is 37.3 Å². The Kier molecular flexibility index (Phi) is 6.31. The molecule has 9 nitrogen and oxygen atoms in total. The van der Waals surface area contributed by atoms with Gasteiger partial charge in [0.05, 0.1) is 9.79 Å². The van der Waals surface area contributed by atoms with Crippen molar-refractivity contribution in [2.24, 2.45) is 4.99 Å². The molecule has 0 radical (unpaired) electrons. The number of nitrogens with one attached hydrogen (secondary N) is 2. The second kappa shape index (κ2) is 9.00. The van der Waals surface area contributed by atoms with Gasteiger partial charge in [-0.15, -0.1) is 0 Å². The minimum absolute atomic E-state index is 0.0111. The first kappa shape index (κ1) is 22.4. The van der Waals surface area contributed by atoms with Crippen molar-refractivity contribution in [1.82, 2.24) is 9.03 Å². The normalized spacial score (nSPS) is 17.2. The van der Waals surface area contributed by atoms with Crippen LogP contribution in [0.2, 0.25) is 0 Å². The van der Waals surface area contributed by atoms with E-state index in [1.54, 1.807) is 6.07 Å². The molecule has 2 aromatic rings. The summed E-state index contributed by atoms with van der Waals surface area (Å²) < 4.78 is 54.3. The van der Waals surface area contributed by atoms with Crippen molar-refractivity contribution in [3.8, 4) is 0 Å². The van der Waals surface area contributed by atoms with Gasteiger partial charge < -0.3 is 5.32 Å². The predicted molar refractivity (Wildman–Crippen MR) is 121 cm³/mol. The fourth-order valence-corrected chi connectivity index (χ4v) is 6.29. The van der Waals surface area contributed by atoms with Crippen molar-refractivity contribution >= 4 is 37.5 Å². The molecule has 0 bridgehead atoms. The van der Waals surface area contributed by atoms with Crippen molar-refractivity contribution in [2.75, 3.05) is 25.0 Å². The molecule has 0 saturated carbocycles. The zero-order valence-electron chi connectivity index (χ0n) is 17.3. The molecule has 0 aliphatic carbocycles. The van der Waals surface area contributed by atoms with E-state index in [1.165, 1.54) is 46.8 Å². The van der Waals surface area contributed by atoms with E-state index < -0.39 is 26.0 Å². The van der Waals surface area contributed by atoms with Gasteiger partial charge in [0.15, 0.2) is 0 Å². The molecule has 1 fully saturated rings. The summed E-state index contributed by atoms with van der Waals surface area (Å²) in [6, 6.07) is 11.6. The Morgan fingerprint density at radius 1 is 0.906 bits per heavy atom. The SMILES string of the molecule is O=C(Nc1cccc(S(=O)(=O)NC2=NCCC2)c1)c1ccc(S(=O)(=O)N2CCCC2)cc1. The largest absolute Gasteiger partial charge is 0.322 e. The molecular formula is C21H24N4O5S2. The fourth-order valence-electron chi connectivity index (χ4n) is 3.64. The maximum absolute atomic E-state index is 12.6. The number of rotatable bonds is 6. The molecule has 32 heavy (non-hydrogen) atoms. The van der Waals surface area contributed by atoms with Crippen LogP contribution in [0.1, 0.15) is 36.0 Å². The second-order valence-corrected chi connectivity index (χ2v) is 11.3. The maximum atomic E-state index is 12.6. The number of nitrogens with zero attached hydrogens (tertiary/aromatic N) is 2. The molecule has 2 aromatic carbocycles. The van der Waals surface area contributed by atoms with E-state index in [0.29, 0.717) is 37.6 Å². The van der Waals surface area contributed by atoms with Crippen LogP contribution in [-0.2, 0) is 20.0 Å². The summed E-state index contributed by atoms with van der Waals surface area (Å²) in [6.07, 6.45) is 3.08. The highest BCUT2D eigenvalue weighted by Crippen LogP contribution is 2.22. The van der Waals surface area contributed by atoms with Gasteiger partial charge in [0.1, 0.15) is 5.84 Å². The maximum Gasteiger partial charge on any atom is 0.262 e. The van der Waals surface area contributed by atoms with Crippen LogP contribution in [0.4, 0.5) is 5.69 Å². The summed E-state index contributed by atoms with van der Waals surface area (Å²) in [6.45, 7) is 1.62. The number of anilines is 1. The van der Waals surface area contributed by atoms with E-state index in [9.17, 15) is 21.6 Å². The Labute approximate surface area is 187 Å². The molecule has 1 saturated heterocycles. The van der Waals surface area contributed by atoms with Crippen LogP contribution in [0.25, 0.3) is 0 Å². The third-order valence-corrected chi connectivity index (χ3v) is 8.64. The number of benzene rings is 2. The van der Waals surface area contributed by atoms with Crippen molar-refractivity contribution in [3.63, 3.8) is 0 Å². The quantitative estimate of drug-likeness (QED) is 0.661. The highest BCUT2D eigenvalue weighted by Gasteiger charge is 2.27. The Balaban J connectivity index is 1.46. The molecule has 0 spiro atoms. The molecular weight excluding hydrogens is 452 g/mol. The first-order valence-corrected chi connectivity index (χ1v) is 13.3. The molecule has 2 heterocycles. The Hall–Kier alpha value is -2.76. The van der Waals surface area contributed by atoms with Crippen molar-refractivity contribution in [3.05, 3.63) is 54.1 Å². The van der Waals surface area contributed by atoms with Crippen molar-refractivity contribution in [1.29, 1.82) is 0 Å². The van der Waals surface area contributed by atoms with Crippen LogP contribution in [0.15, 0.2) is 63.3 Å². The number of amides is 1. The number of hydrogen-bond donors (Lipinski definition) is 2. The summed E-state index contributed by atoms with van der Waals surface area (Å²) in [7, 11) is -7.35. The average Bonchev–Trinajstić information content (AvgIpc) is 3.48. The number of sulfonamides is 2. The fraction of sp³-hybridized carbons (Fsp3) is 0.333.